The van der Waals surface area contributed by atoms with E-state index in [9.17, 15) is 9.90 Å². The van der Waals surface area contributed by atoms with Crippen LogP contribution in [0.4, 0.5) is 0 Å². The number of ether oxygens (including phenoxy) is 2. The van der Waals surface area contributed by atoms with Gasteiger partial charge >= 0.3 is 0 Å². The van der Waals surface area contributed by atoms with Crippen molar-refractivity contribution in [2.75, 3.05) is 13.7 Å². The van der Waals surface area contributed by atoms with Gasteiger partial charge < -0.3 is 25.1 Å². The predicted molar refractivity (Wildman–Crippen MR) is 59.4 cm³/mol. The summed E-state index contributed by atoms with van der Waals surface area (Å²) in [6.45, 7) is 2.33. The number of quaternary nitrogens is 1. The molecule has 0 aliphatic rings. The average Bonchev–Trinajstić information content (AvgIpc) is 2.28. The number of carboxylic acids is 1. The van der Waals surface area contributed by atoms with E-state index in [4.69, 9.17) is 9.47 Å². The van der Waals surface area contributed by atoms with Crippen molar-refractivity contribution in [2.45, 2.75) is 19.4 Å². The third-order valence-corrected chi connectivity index (χ3v) is 2.37. The molecule has 0 amide bonds. The highest BCUT2D eigenvalue weighted by atomic mass is 16.5. The summed E-state index contributed by atoms with van der Waals surface area (Å²) >= 11 is 0. The van der Waals surface area contributed by atoms with E-state index in [1.807, 2.05) is 6.92 Å². The fourth-order valence-corrected chi connectivity index (χ4v) is 1.62. The van der Waals surface area contributed by atoms with E-state index in [1.165, 1.54) is 0 Å². The Balaban J connectivity index is 3.08. The van der Waals surface area contributed by atoms with Gasteiger partial charge in [0.1, 0.15) is 6.04 Å². The number of carbonyl (C=O) groups is 1. The van der Waals surface area contributed by atoms with E-state index in [2.05, 4.69) is 5.73 Å². The summed E-state index contributed by atoms with van der Waals surface area (Å²) in [4.78, 5) is 10.6. The standard InChI is InChI=1S/C12H17NO4/c1-3-17-12-8(9(13)7-11(14)15)5-4-6-10(12)16-2/h4-6,9H,3,7,13H2,1-2H3,(H,14,15)/t9-/m0/s1. The highest BCUT2D eigenvalue weighted by molar-refractivity contribution is 5.65. The monoisotopic (exact) mass is 239 g/mol. The van der Waals surface area contributed by atoms with E-state index >= 15 is 0 Å². The number of methoxy groups -OCH3 is 1. The van der Waals surface area contributed by atoms with Gasteiger partial charge in [0, 0.05) is 12.4 Å². The lowest BCUT2D eigenvalue weighted by Crippen LogP contribution is -2.55. The molecule has 1 atom stereocenters. The summed E-state index contributed by atoms with van der Waals surface area (Å²) in [5.41, 5.74) is 4.53. The van der Waals surface area contributed by atoms with Crippen LogP contribution in [0.25, 0.3) is 0 Å². The molecule has 5 heteroatoms. The van der Waals surface area contributed by atoms with Gasteiger partial charge in [0.15, 0.2) is 11.5 Å². The molecule has 0 saturated heterocycles. The van der Waals surface area contributed by atoms with E-state index < -0.39 is 12.0 Å². The van der Waals surface area contributed by atoms with Crippen molar-refractivity contribution in [3.05, 3.63) is 23.8 Å². The van der Waals surface area contributed by atoms with Crippen molar-refractivity contribution < 1.29 is 25.1 Å². The van der Waals surface area contributed by atoms with Crippen molar-refractivity contribution in [1.29, 1.82) is 0 Å². The summed E-state index contributed by atoms with van der Waals surface area (Å²) in [6, 6.07) is 4.91. The molecule has 5 nitrogen and oxygen atoms in total. The molecule has 0 saturated carbocycles. The maximum absolute atomic E-state index is 10.6. The number of benzene rings is 1. The van der Waals surface area contributed by atoms with Gasteiger partial charge in [-0.05, 0) is 19.1 Å². The molecular weight excluding hydrogens is 222 g/mol. The minimum Gasteiger partial charge on any atom is -0.550 e. The SMILES string of the molecule is CCOc1c(OC)cccc1[C@@H]([NH3+])CC(=O)[O-]. The quantitative estimate of drug-likeness (QED) is 0.726. The Bertz CT molecular complexity index is 392. The van der Waals surface area contributed by atoms with Crippen LogP contribution in [-0.2, 0) is 4.79 Å². The zero-order valence-electron chi connectivity index (χ0n) is 10.1. The second-order valence-electron chi connectivity index (χ2n) is 3.58. The fourth-order valence-electron chi connectivity index (χ4n) is 1.62. The van der Waals surface area contributed by atoms with Crippen molar-refractivity contribution in [3.8, 4) is 11.5 Å². The Hall–Kier alpha value is -1.75. The second kappa shape index (κ2) is 6.10. The lowest BCUT2D eigenvalue weighted by Gasteiger charge is -2.17. The molecule has 0 heterocycles. The number of rotatable bonds is 6. The van der Waals surface area contributed by atoms with Crippen molar-refractivity contribution >= 4 is 5.97 Å². The number of hydrogen-bond acceptors (Lipinski definition) is 4. The zero-order chi connectivity index (χ0) is 12.8. The number of hydrogen-bond donors (Lipinski definition) is 1. The Kier molecular flexibility index (Phi) is 4.78. The lowest BCUT2D eigenvalue weighted by molar-refractivity contribution is -0.430. The van der Waals surface area contributed by atoms with Gasteiger partial charge in [0.2, 0.25) is 0 Å². The van der Waals surface area contributed by atoms with Gasteiger partial charge in [0.25, 0.3) is 0 Å². The summed E-state index contributed by atoms with van der Waals surface area (Å²) in [7, 11) is 1.54. The third kappa shape index (κ3) is 3.35. The molecule has 3 N–H and O–H groups in total. The number of carbonyl (C=O) groups excluding carboxylic acids is 1. The van der Waals surface area contributed by atoms with E-state index in [1.54, 1.807) is 25.3 Å². The smallest absolute Gasteiger partial charge is 0.170 e. The van der Waals surface area contributed by atoms with Gasteiger partial charge in [-0.15, -0.1) is 0 Å². The molecule has 1 aromatic carbocycles. The zero-order valence-corrected chi connectivity index (χ0v) is 10.1. The molecule has 0 aromatic heterocycles. The molecule has 94 valence electrons. The maximum atomic E-state index is 10.6. The third-order valence-electron chi connectivity index (χ3n) is 2.37. The van der Waals surface area contributed by atoms with E-state index in [0.29, 0.717) is 18.1 Å². The first-order valence-electron chi connectivity index (χ1n) is 5.42. The van der Waals surface area contributed by atoms with Crippen LogP contribution in [0.15, 0.2) is 18.2 Å². The van der Waals surface area contributed by atoms with Crippen LogP contribution >= 0.6 is 0 Å². The van der Waals surface area contributed by atoms with Gasteiger partial charge in [0.05, 0.1) is 19.3 Å². The summed E-state index contributed by atoms with van der Waals surface area (Å²) in [6.07, 6.45) is -0.146. The van der Waals surface area contributed by atoms with Crippen LogP contribution in [0.1, 0.15) is 24.9 Å². The highest BCUT2D eigenvalue weighted by Crippen LogP contribution is 2.34. The molecule has 1 aromatic rings. The van der Waals surface area contributed by atoms with Gasteiger partial charge in [-0.25, -0.2) is 0 Å². The summed E-state index contributed by atoms with van der Waals surface area (Å²) in [5, 5.41) is 10.6. The van der Waals surface area contributed by atoms with E-state index in [0.717, 1.165) is 5.56 Å². The van der Waals surface area contributed by atoms with Crippen LogP contribution in [0, 0.1) is 0 Å². The Morgan fingerprint density at radius 2 is 2.24 bits per heavy atom. The van der Waals surface area contributed by atoms with Crippen LogP contribution in [0.5, 0.6) is 11.5 Å². The first-order chi connectivity index (χ1) is 8.10. The first kappa shape index (κ1) is 13.3. The van der Waals surface area contributed by atoms with Crippen LogP contribution < -0.4 is 20.3 Å². The topological polar surface area (TPSA) is 86.2 Å². The normalized spacial score (nSPS) is 11.9. The molecule has 0 radical (unpaired) electrons. The minimum absolute atomic E-state index is 0.146. The van der Waals surface area contributed by atoms with Gasteiger partial charge in [-0.1, -0.05) is 6.07 Å². The highest BCUT2D eigenvalue weighted by Gasteiger charge is 2.19. The Labute approximate surface area is 100 Å². The molecular formula is C12H17NO4. The number of carboxylic acid groups (broad SMARTS) is 1. The molecule has 0 aliphatic carbocycles. The van der Waals surface area contributed by atoms with E-state index in [-0.39, 0.29) is 6.42 Å². The van der Waals surface area contributed by atoms with Crippen molar-refractivity contribution in [3.63, 3.8) is 0 Å². The van der Waals surface area contributed by atoms with Gasteiger partial charge in [-0.2, -0.15) is 0 Å². The first-order valence-corrected chi connectivity index (χ1v) is 5.42. The molecule has 0 fully saturated rings. The largest absolute Gasteiger partial charge is 0.550 e. The molecule has 0 bridgehead atoms. The van der Waals surface area contributed by atoms with Crippen LogP contribution in [-0.4, -0.2) is 19.7 Å². The van der Waals surface area contributed by atoms with Crippen LogP contribution in [0.2, 0.25) is 0 Å². The average molecular weight is 239 g/mol. The Morgan fingerprint density at radius 1 is 1.53 bits per heavy atom. The van der Waals surface area contributed by atoms with Crippen molar-refractivity contribution in [1.82, 2.24) is 0 Å². The number of aliphatic carboxylic acids is 1. The second-order valence-corrected chi connectivity index (χ2v) is 3.58. The summed E-state index contributed by atoms with van der Waals surface area (Å²) < 4.78 is 10.7. The molecule has 0 unspecified atom stereocenters. The van der Waals surface area contributed by atoms with Crippen LogP contribution in [0.3, 0.4) is 0 Å². The maximum Gasteiger partial charge on any atom is 0.170 e. The Morgan fingerprint density at radius 3 is 2.76 bits per heavy atom. The predicted octanol–water partition coefficient (Wildman–Crippen LogP) is -0.483. The molecule has 17 heavy (non-hydrogen) atoms. The number of para-hydroxylation sites is 1. The van der Waals surface area contributed by atoms with Gasteiger partial charge in [-0.3, -0.25) is 0 Å². The fraction of sp³-hybridized carbons (Fsp3) is 0.417. The molecule has 1 rings (SSSR count). The lowest BCUT2D eigenvalue weighted by atomic mass is 10.0. The molecule has 0 aliphatic heterocycles. The minimum atomic E-state index is -1.13. The summed E-state index contributed by atoms with van der Waals surface area (Å²) in [5.74, 6) is 0.00497. The molecule has 0 spiro atoms. The van der Waals surface area contributed by atoms with Crippen molar-refractivity contribution in [2.24, 2.45) is 0 Å².